The van der Waals surface area contributed by atoms with E-state index < -0.39 is 5.82 Å². The van der Waals surface area contributed by atoms with Gasteiger partial charge in [0.2, 0.25) is 0 Å². The third kappa shape index (κ3) is 3.93. The fourth-order valence-electron chi connectivity index (χ4n) is 2.76. The van der Waals surface area contributed by atoms with Gasteiger partial charge in [-0.1, -0.05) is 35.5 Å². The van der Waals surface area contributed by atoms with Gasteiger partial charge in [0.15, 0.2) is 23.1 Å². The lowest BCUT2D eigenvalue weighted by Gasteiger charge is -2.11. The van der Waals surface area contributed by atoms with Gasteiger partial charge in [-0.15, -0.1) is 11.3 Å². The van der Waals surface area contributed by atoms with E-state index in [1.54, 1.807) is 43.6 Å². The molecule has 0 saturated heterocycles. The number of aliphatic imine (C=N–C) groups is 1. The minimum atomic E-state index is -0.393. The zero-order chi connectivity index (χ0) is 19.2. The molecule has 0 amide bonds. The van der Waals surface area contributed by atoms with Crippen LogP contribution < -0.4 is 10.1 Å². The van der Waals surface area contributed by atoms with Crippen molar-refractivity contribution in [3.63, 3.8) is 0 Å². The Morgan fingerprint density at radius 1 is 1.15 bits per heavy atom. The molecular formula is C20H20FN3O2S. The zero-order valence-corrected chi connectivity index (χ0v) is 16.1. The molecule has 1 heterocycles. The SMILES string of the molecule is CN=C(NC)/C(=N\OC)c1sc2ccccc2c1COc1ccccc1F. The van der Waals surface area contributed by atoms with Gasteiger partial charge in [0.1, 0.15) is 13.7 Å². The molecule has 7 heteroatoms. The Hall–Kier alpha value is -2.93. The second-order valence-electron chi connectivity index (χ2n) is 5.57. The maximum atomic E-state index is 14.0. The maximum absolute atomic E-state index is 14.0. The van der Waals surface area contributed by atoms with Gasteiger partial charge >= 0.3 is 0 Å². The summed E-state index contributed by atoms with van der Waals surface area (Å²) in [5.74, 6) is 0.410. The zero-order valence-electron chi connectivity index (χ0n) is 15.3. The number of para-hydroxylation sites is 1. The Morgan fingerprint density at radius 2 is 1.89 bits per heavy atom. The summed E-state index contributed by atoms with van der Waals surface area (Å²) >= 11 is 1.56. The van der Waals surface area contributed by atoms with Crippen LogP contribution in [0.15, 0.2) is 58.7 Å². The van der Waals surface area contributed by atoms with Crippen LogP contribution >= 0.6 is 11.3 Å². The fraction of sp³-hybridized carbons (Fsp3) is 0.200. The monoisotopic (exact) mass is 385 g/mol. The predicted molar refractivity (Wildman–Crippen MR) is 109 cm³/mol. The summed E-state index contributed by atoms with van der Waals surface area (Å²) in [6, 6.07) is 14.3. The van der Waals surface area contributed by atoms with Gasteiger partial charge < -0.3 is 14.9 Å². The molecule has 0 saturated carbocycles. The van der Waals surface area contributed by atoms with Crippen molar-refractivity contribution in [1.29, 1.82) is 0 Å². The average Bonchev–Trinajstić information content (AvgIpc) is 3.06. The molecule has 0 unspecified atom stereocenters. The van der Waals surface area contributed by atoms with Crippen molar-refractivity contribution in [3.05, 3.63) is 64.8 Å². The first kappa shape index (κ1) is 18.8. The summed E-state index contributed by atoms with van der Waals surface area (Å²) in [7, 11) is 4.95. The second kappa shape index (κ2) is 8.64. The van der Waals surface area contributed by atoms with Crippen molar-refractivity contribution >= 4 is 33.0 Å². The van der Waals surface area contributed by atoms with E-state index in [1.165, 1.54) is 13.2 Å². The standard InChI is InChI=1S/C20H20FN3O2S/c1-22-20(23-2)18(24-25-3)19-14(13-8-4-7-11-17(13)27-19)12-26-16-10-6-5-9-15(16)21/h4-11H,12H2,1-3H3,(H,22,23)/b24-18-. The van der Waals surface area contributed by atoms with Crippen LogP contribution in [0.4, 0.5) is 4.39 Å². The number of hydrogen-bond donors (Lipinski definition) is 1. The number of hydrogen-bond acceptors (Lipinski definition) is 5. The molecule has 27 heavy (non-hydrogen) atoms. The Morgan fingerprint density at radius 3 is 2.59 bits per heavy atom. The van der Waals surface area contributed by atoms with E-state index in [1.807, 2.05) is 24.3 Å². The van der Waals surface area contributed by atoms with Crippen LogP contribution in [0.5, 0.6) is 5.75 Å². The van der Waals surface area contributed by atoms with Crippen LogP contribution in [0.1, 0.15) is 10.4 Å². The highest BCUT2D eigenvalue weighted by atomic mass is 32.1. The van der Waals surface area contributed by atoms with Crippen molar-refractivity contribution in [1.82, 2.24) is 5.32 Å². The lowest BCUT2D eigenvalue weighted by Crippen LogP contribution is -2.29. The van der Waals surface area contributed by atoms with E-state index in [9.17, 15) is 4.39 Å². The van der Waals surface area contributed by atoms with Crippen LogP contribution in [0.2, 0.25) is 0 Å². The van der Waals surface area contributed by atoms with Crippen LogP contribution in [0.25, 0.3) is 10.1 Å². The molecule has 1 N–H and O–H groups in total. The summed E-state index contributed by atoms with van der Waals surface area (Å²) in [5.41, 5.74) is 1.49. The van der Waals surface area contributed by atoms with E-state index in [0.717, 1.165) is 20.5 Å². The maximum Gasteiger partial charge on any atom is 0.165 e. The topological polar surface area (TPSA) is 55.2 Å². The van der Waals surface area contributed by atoms with E-state index >= 15 is 0 Å². The summed E-state index contributed by atoms with van der Waals surface area (Å²) < 4.78 is 20.8. The molecule has 0 bridgehead atoms. The lowest BCUT2D eigenvalue weighted by molar-refractivity contribution is 0.214. The van der Waals surface area contributed by atoms with E-state index in [2.05, 4.69) is 15.5 Å². The van der Waals surface area contributed by atoms with Gasteiger partial charge in [-0.2, -0.15) is 0 Å². The molecule has 2 aromatic carbocycles. The number of benzene rings is 2. The second-order valence-corrected chi connectivity index (χ2v) is 6.62. The molecule has 0 atom stereocenters. The van der Waals surface area contributed by atoms with Gasteiger partial charge in [0, 0.05) is 24.4 Å². The molecule has 5 nitrogen and oxygen atoms in total. The van der Waals surface area contributed by atoms with Crippen molar-refractivity contribution in [2.45, 2.75) is 6.61 Å². The molecule has 3 rings (SSSR count). The smallest absolute Gasteiger partial charge is 0.165 e. The van der Waals surface area contributed by atoms with Crippen LogP contribution in [0.3, 0.4) is 0 Å². The van der Waals surface area contributed by atoms with Crippen molar-refractivity contribution in [3.8, 4) is 5.75 Å². The third-order valence-electron chi connectivity index (χ3n) is 3.99. The number of likely N-dealkylation sites (N-methyl/N-ethyl adjacent to an activating group) is 1. The minimum absolute atomic E-state index is 0.198. The van der Waals surface area contributed by atoms with Crippen molar-refractivity contribution < 1.29 is 14.0 Å². The van der Waals surface area contributed by atoms with Crippen LogP contribution in [-0.2, 0) is 11.4 Å². The van der Waals surface area contributed by atoms with Crippen LogP contribution in [0, 0.1) is 5.82 Å². The Balaban J connectivity index is 2.08. The number of amidine groups is 1. The molecule has 0 aliphatic heterocycles. The highest BCUT2D eigenvalue weighted by Crippen LogP contribution is 2.33. The summed E-state index contributed by atoms with van der Waals surface area (Å²) in [5, 5.41) is 8.24. The van der Waals surface area contributed by atoms with Gasteiger partial charge in [-0.3, -0.25) is 4.99 Å². The number of thiophene rings is 1. The van der Waals surface area contributed by atoms with Crippen LogP contribution in [-0.4, -0.2) is 32.8 Å². The number of fused-ring (bicyclic) bond motifs is 1. The number of ether oxygens (including phenoxy) is 1. The Kier molecular flexibility index (Phi) is 6.03. The first-order chi connectivity index (χ1) is 13.2. The lowest BCUT2D eigenvalue weighted by atomic mass is 10.1. The first-order valence-electron chi connectivity index (χ1n) is 8.33. The number of oxime groups is 1. The normalized spacial score (nSPS) is 12.3. The average molecular weight is 385 g/mol. The molecule has 0 aliphatic carbocycles. The summed E-state index contributed by atoms with van der Waals surface area (Å²) in [6.45, 7) is 0.198. The molecule has 140 valence electrons. The molecule has 0 fully saturated rings. The molecule has 0 aliphatic rings. The predicted octanol–water partition coefficient (Wildman–Crippen LogP) is 4.22. The number of nitrogens with zero attached hydrogens (tertiary/aromatic N) is 2. The minimum Gasteiger partial charge on any atom is -0.486 e. The molecule has 0 spiro atoms. The van der Waals surface area contributed by atoms with Gasteiger partial charge in [-0.05, 0) is 23.6 Å². The molecule has 0 radical (unpaired) electrons. The molecule has 1 aromatic heterocycles. The number of halogens is 1. The first-order valence-corrected chi connectivity index (χ1v) is 9.15. The fourth-order valence-corrected chi connectivity index (χ4v) is 3.96. The Labute approximate surface area is 161 Å². The van der Waals surface area contributed by atoms with E-state index in [0.29, 0.717) is 11.5 Å². The highest BCUT2D eigenvalue weighted by molar-refractivity contribution is 7.21. The third-order valence-corrected chi connectivity index (χ3v) is 5.21. The quantitative estimate of drug-likeness (QED) is 0.393. The number of rotatable bonds is 6. The molecular weight excluding hydrogens is 365 g/mol. The largest absolute Gasteiger partial charge is 0.486 e. The summed E-state index contributed by atoms with van der Waals surface area (Å²) in [4.78, 5) is 10.2. The van der Waals surface area contributed by atoms with E-state index in [4.69, 9.17) is 9.57 Å². The van der Waals surface area contributed by atoms with Crippen molar-refractivity contribution in [2.75, 3.05) is 21.2 Å². The Bertz CT molecular complexity index is 998. The molecule has 3 aromatic rings. The van der Waals surface area contributed by atoms with Gasteiger partial charge in [-0.25, -0.2) is 4.39 Å². The van der Waals surface area contributed by atoms with Gasteiger partial charge in [0.25, 0.3) is 0 Å². The van der Waals surface area contributed by atoms with E-state index in [-0.39, 0.29) is 12.4 Å². The number of nitrogens with one attached hydrogen (secondary N) is 1. The summed E-state index contributed by atoms with van der Waals surface area (Å²) in [6.07, 6.45) is 0. The highest BCUT2D eigenvalue weighted by Gasteiger charge is 2.21. The van der Waals surface area contributed by atoms with Gasteiger partial charge in [0.05, 0.1) is 4.88 Å². The van der Waals surface area contributed by atoms with Crippen molar-refractivity contribution in [2.24, 2.45) is 10.1 Å².